The molecule has 1 aliphatic carbocycles. The highest BCUT2D eigenvalue weighted by Gasteiger charge is 2.32. The predicted octanol–water partition coefficient (Wildman–Crippen LogP) is 3.06. The van der Waals surface area contributed by atoms with Crippen LogP contribution >= 0.6 is 0 Å². The van der Waals surface area contributed by atoms with Crippen molar-refractivity contribution in [2.75, 3.05) is 0 Å². The van der Waals surface area contributed by atoms with Gasteiger partial charge in [-0.2, -0.15) is 0 Å². The standard InChI is InChI=1S/C12H20O/c1-7-8(2)10(4)11(9(7)3)12(5,6)13/h9,13H,1-6H3. The van der Waals surface area contributed by atoms with Crippen molar-refractivity contribution in [3.05, 3.63) is 22.3 Å². The van der Waals surface area contributed by atoms with Crippen molar-refractivity contribution in [1.82, 2.24) is 0 Å². The topological polar surface area (TPSA) is 20.2 Å². The summed E-state index contributed by atoms with van der Waals surface area (Å²) < 4.78 is 0. The van der Waals surface area contributed by atoms with Crippen LogP contribution in [0.2, 0.25) is 0 Å². The molecule has 0 fully saturated rings. The highest BCUT2D eigenvalue weighted by molar-refractivity contribution is 5.49. The molecule has 0 bridgehead atoms. The van der Waals surface area contributed by atoms with Gasteiger partial charge >= 0.3 is 0 Å². The third-order valence-electron chi connectivity index (χ3n) is 3.30. The summed E-state index contributed by atoms with van der Waals surface area (Å²) >= 11 is 0. The molecule has 1 atom stereocenters. The summed E-state index contributed by atoms with van der Waals surface area (Å²) in [6.07, 6.45) is 0. The van der Waals surface area contributed by atoms with Crippen molar-refractivity contribution >= 4 is 0 Å². The zero-order chi connectivity index (χ0) is 10.4. The molecule has 0 aliphatic heterocycles. The van der Waals surface area contributed by atoms with E-state index in [0.29, 0.717) is 5.92 Å². The van der Waals surface area contributed by atoms with Crippen LogP contribution in [0.15, 0.2) is 22.3 Å². The average molecular weight is 180 g/mol. The van der Waals surface area contributed by atoms with Crippen LogP contribution in [0.4, 0.5) is 0 Å². The highest BCUT2D eigenvalue weighted by atomic mass is 16.3. The van der Waals surface area contributed by atoms with Gasteiger partial charge in [-0.05, 0) is 51.3 Å². The molecule has 1 nitrogen and oxygen atoms in total. The Hall–Kier alpha value is -0.560. The van der Waals surface area contributed by atoms with E-state index < -0.39 is 5.60 Å². The number of aliphatic hydroxyl groups is 1. The zero-order valence-corrected chi connectivity index (χ0v) is 9.52. The quantitative estimate of drug-likeness (QED) is 0.657. The second-order valence-corrected chi connectivity index (χ2v) is 4.63. The van der Waals surface area contributed by atoms with E-state index in [1.807, 2.05) is 13.8 Å². The van der Waals surface area contributed by atoms with Gasteiger partial charge in [0.15, 0.2) is 0 Å². The largest absolute Gasteiger partial charge is 0.386 e. The fourth-order valence-electron chi connectivity index (χ4n) is 2.35. The second kappa shape index (κ2) is 2.98. The maximum Gasteiger partial charge on any atom is 0.0812 e. The van der Waals surface area contributed by atoms with Gasteiger partial charge in [0.25, 0.3) is 0 Å². The monoisotopic (exact) mass is 180 g/mol. The van der Waals surface area contributed by atoms with Gasteiger partial charge in [0, 0.05) is 5.92 Å². The summed E-state index contributed by atoms with van der Waals surface area (Å²) in [7, 11) is 0. The van der Waals surface area contributed by atoms with Crippen LogP contribution in [0.1, 0.15) is 41.5 Å². The van der Waals surface area contributed by atoms with Crippen LogP contribution in [0.25, 0.3) is 0 Å². The molecule has 1 aliphatic rings. The van der Waals surface area contributed by atoms with Gasteiger partial charge in [-0.1, -0.05) is 12.5 Å². The van der Waals surface area contributed by atoms with E-state index >= 15 is 0 Å². The van der Waals surface area contributed by atoms with Gasteiger partial charge in [0.05, 0.1) is 5.60 Å². The van der Waals surface area contributed by atoms with Crippen LogP contribution in [-0.4, -0.2) is 10.7 Å². The molecule has 13 heavy (non-hydrogen) atoms. The average Bonchev–Trinajstić information content (AvgIpc) is 2.14. The van der Waals surface area contributed by atoms with Crippen LogP contribution in [0.3, 0.4) is 0 Å². The summed E-state index contributed by atoms with van der Waals surface area (Å²) in [5.74, 6) is 0.403. The Morgan fingerprint density at radius 2 is 1.54 bits per heavy atom. The van der Waals surface area contributed by atoms with Crippen LogP contribution in [-0.2, 0) is 0 Å². The Morgan fingerprint density at radius 3 is 1.69 bits per heavy atom. The Morgan fingerprint density at radius 1 is 1.08 bits per heavy atom. The lowest BCUT2D eigenvalue weighted by molar-refractivity contribution is 0.111. The molecule has 1 rings (SSSR count). The molecule has 0 aromatic carbocycles. The normalized spacial score (nSPS) is 24.7. The SMILES string of the molecule is CC1=C(C)C(C)C(C(C)(C)O)=C1C. The molecule has 0 heterocycles. The number of hydrogen-bond acceptors (Lipinski definition) is 1. The third kappa shape index (κ3) is 1.58. The van der Waals surface area contributed by atoms with E-state index in [-0.39, 0.29) is 0 Å². The predicted molar refractivity (Wildman–Crippen MR) is 56.5 cm³/mol. The minimum absolute atomic E-state index is 0.403. The van der Waals surface area contributed by atoms with E-state index in [1.165, 1.54) is 22.3 Å². The van der Waals surface area contributed by atoms with Gasteiger partial charge in [0.2, 0.25) is 0 Å². The molecular formula is C12H20O. The first-order valence-corrected chi connectivity index (χ1v) is 4.88. The molecule has 0 saturated carbocycles. The maximum atomic E-state index is 10.0. The molecule has 0 aromatic rings. The van der Waals surface area contributed by atoms with Crippen molar-refractivity contribution in [3.63, 3.8) is 0 Å². The Balaban J connectivity index is 3.19. The molecule has 0 aromatic heterocycles. The van der Waals surface area contributed by atoms with Gasteiger partial charge in [-0.15, -0.1) is 0 Å². The lowest BCUT2D eigenvalue weighted by Crippen LogP contribution is -2.26. The Kier molecular flexibility index (Phi) is 2.42. The number of rotatable bonds is 1. The highest BCUT2D eigenvalue weighted by Crippen LogP contribution is 2.41. The van der Waals surface area contributed by atoms with E-state index in [4.69, 9.17) is 0 Å². The van der Waals surface area contributed by atoms with Gasteiger partial charge in [-0.3, -0.25) is 0 Å². The first-order valence-electron chi connectivity index (χ1n) is 4.88. The number of allylic oxidation sites excluding steroid dienone is 3. The minimum Gasteiger partial charge on any atom is -0.386 e. The minimum atomic E-state index is -0.678. The van der Waals surface area contributed by atoms with Crippen LogP contribution in [0.5, 0.6) is 0 Å². The van der Waals surface area contributed by atoms with E-state index in [0.717, 1.165) is 0 Å². The molecule has 0 saturated heterocycles. The van der Waals surface area contributed by atoms with Gasteiger partial charge in [0.1, 0.15) is 0 Å². The van der Waals surface area contributed by atoms with Crippen molar-refractivity contribution in [3.8, 4) is 0 Å². The second-order valence-electron chi connectivity index (χ2n) is 4.63. The van der Waals surface area contributed by atoms with Crippen molar-refractivity contribution in [1.29, 1.82) is 0 Å². The molecule has 1 heteroatoms. The van der Waals surface area contributed by atoms with E-state index in [9.17, 15) is 5.11 Å². The molecule has 1 unspecified atom stereocenters. The summed E-state index contributed by atoms with van der Waals surface area (Å²) in [5, 5.41) is 10.0. The zero-order valence-electron chi connectivity index (χ0n) is 9.52. The van der Waals surface area contributed by atoms with Crippen LogP contribution < -0.4 is 0 Å². The summed E-state index contributed by atoms with van der Waals surface area (Å²) in [5.41, 5.74) is 4.53. The summed E-state index contributed by atoms with van der Waals surface area (Å²) in [6.45, 7) is 12.3. The van der Waals surface area contributed by atoms with Crippen molar-refractivity contribution in [2.45, 2.75) is 47.1 Å². The van der Waals surface area contributed by atoms with Gasteiger partial charge in [-0.25, -0.2) is 0 Å². The summed E-state index contributed by atoms with van der Waals surface area (Å²) in [6, 6.07) is 0. The smallest absolute Gasteiger partial charge is 0.0812 e. The molecule has 1 N–H and O–H groups in total. The Bertz CT molecular complexity index is 287. The van der Waals surface area contributed by atoms with Crippen molar-refractivity contribution in [2.24, 2.45) is 5.92 Å². The van der Waals surface area contributed by atoms with Gasteiger partial charge < -0.3 is 5.11 Å². The van der Waals surface area contributed by atoms with Crippen LogP contribution in [0, 0.1) is 5.92 Å². The maximum absolute atomic E-state index is 10.0. The molecular weight excluding hydrogens is 160 g/mol. The lowest BCUT2D eigenvalue weighted by atomic mass is 9.86. The first-order chi connectivity index (χ1) is 5.76. The first kappa shape index (κ1) is 10.5. The Labute approximate surface area is 81.2 Å². The molecule has 0 spiro atoms. The van der Waals surface area contributed by atoms with E-state index in [1.54, 1.807) is 0 Å². The van der Waals surface area contributed by atoms with E-state index in [2.05, 4.69) is 27.7 Å². The molecule has 0 radical (unpaired) electrons. The summed E-state index contributed by atoms with van der Waals surface area (Å²) in [4.78, 5) is 0. The number of hydrogen-bond donors (Lipinski definition) is 1. The van der Waals surface area contributed by atoms with Crippen molar-refractivity contribution < 1.29 is 5.11 Å². The lowest BCUT2D eigenvalue weighted by Gasteiger charge is -2.25. The fraction of sp³-hybridized carbons (Fsp3) is 0.667. The molecule has 0 amide bonds. The molecule has 74 valence electrons. The fourth-order valence-corrected chi connectivity index (χ4v) is 2.35. The third-order valence-corrected chi connectivity index (χ3v) is 3.30.